The van der Waals surface area contributed by atoms with Gasteiger partial charge in [0.2, 0.25) is 5.91 Å². The van der Waals surface area contributed by atoms with E-state index in [-0.39, 0.29) is 23.5 Å². The number of hydrogen-bond acceptors (Lipinski definition) is 5. The maximum Gasteiger partial charge on any atom is 0.224 e. The highest BCUT2D eigenvalue weighted by molar-refractivity contribution is 7.90. The van der Waals surface area contributed by atoms with Crippen molar-refractivity contribution in [3.63, 3.8) is 0 Å². The second kappa shape index (κ2) is 11.1. The highest BCUT2D eigenvalue weighted by atomic mass is 32.2. The summed E-state index contributed by atoms with van der Waals surface area (Å²) in [6.45, 7) is 5.02. The number of aliphatic imine (C=N–C) groups is 1. The SMILES string of the molecule is CN=C(NCCC(=O)N1CCN(c2ccc(F)cc2)CC1)NC(C)CCS(C)(=O)=O. The van der Waals surface area contributed by atoms with Crippen molar-refractivity contribution in [1.82, 2.24) is 15.5 Å². The first-order valence-corrected chi connectivity index (χ1v) is 12.2. The Balaban J connectivity index is 1.69. The van der Waals surface area contributed by atoms with Gasteiger partial charge in [0.25, 0.3) is 0 Å². The molecule has 1 atom stereocenters. The van der Waals surface area contributed by atoms with Crippen LogP contribution < -0.4 is 15.5 Å². The van der Waals surface area contributed by atoms with Gasteiger partial charge < -0.3 is 20.4 Å². The van der Waals surface area contributed by atoms with Crippen LogP contribution in [-0.2, 0) is 14.6 Å². The Labute approximate surface area is 178 Å². The maximum absolute atomic E-state index is 13.1. The van der Waals surface area contributed by atoms with E-state index < -0.39 is 9.84 Å². The van der Waals surface area contributed by atoms with Crippen molar-refractivity contribution in [1.29, 1.82) is 0 Å². The lowest BCUT2D eigenvalue weighted by Gasteiger charge is -2.36. The Morgan fingerprint density at radius 2 is 1.83 bits per heavy atom. The van der Waals surface area contributed by atoms with Crippen LogP contribution in [0.4, 0.5) is 10.1 Å². The van der Waals surface area contributed by atoms with Crippen molar-refractivity contribution in [3.8, 4) is 0 Å². The number of carbonyl (C=O) groups is 1. The number of rotatable bonds is 8. The monoisotopic (exact) mass is 441 g/mol. The molecule has 0 aliphatic carbocycles. The van der Waals surface area contributed by atoms with Crippen molar-refractivity contribution < 1.29 is 17.6 Å². The fraction of sp³-hybridized carbons (Fsp3) is 0.600. The fourth-order valence-electron chi connectivity index (χ4n) is 3.20. The van der Waals surface area contributed by atoms with Gasteiger partial charge in [0.05, 0.1) is 5.75 Å². The molecular formula is C20H32FN5O3S. The number of benzene rings is 1. The summed E-state index contributed by atoms with van der Waals surface area (Å²) in [5.41, 5.74) is 0.963. The van der Waals surface area contributed by atoms with E-state index in [1.807, 2.05) is 11.8 Å². The molecule has 2 N–H and O–H groups in total. The van der Waals surface area contributed by atoms with Gasteiger partial charge in [-0.05, 0) is 37.6 Å². The van der Waals surface area contributed by atoms with Crippen LogP contribution >= 0.6 is 0 Å². The summed E-state index contributed by atoms with van der Waals surface area (Å²) in [7, 11) is -1.36. The van der Waals surface area contributed by atoms with Crippen molar-refractivity contribution >= 4 is 27.4 Å². The van der Waals surface area contributed by atoms with Gasteiger partial charge in [-0.3, -0.25) is 9.79 Å². The van der Waals surface area contributed by atoms with Crippen molar-refractivity contribution in [3.05, 3.63) is 30.1 Å². The molecule has 1 unspecified atom stereocenters. The molecule has 0 saturated carbocycles. The third-order valence-electron chi connectivity index (χ3n) is 4.98. The van der Waals surface area contributed by atoms with Crippen molar-refractivity contribution in [2.45, 2.75) is 25.8 Å². The van der Waals surface area contributed by atoms with Crippen LogP contribution in [0.3, 0.4) is 0 Å². The van der Waals surface area contributed by atoms with Crippen LogP contribution in [-0.4, -0.2) is 83.0 Å². The zero-order chi connectivity index (χ0) is 22.1. The van der Waals surface area contributed by atoms with E-state index in [2.05, 4.69) is 20.5 Å². The topological polar surface area (TPSA) is 94.1 Å². The average molecular weight is 442 g/mol. The van der Waals surface area contributed by atoms with Gasteiger partial charge in [0, 0.05) is 64.2 Å². The Bertz CT molecular complexity index is 821. The molecule has 1 amide bonds. The summed E-state index contributed by atoms with van der Waals surface area (Å²) >= 11 is 0. The average Bonchev–Trinajstić information content (AvgIpc) is 2.71. The molecular weight excluding hydrogens is 409 g/mol. The lowest BCUT2D eigenvalue weighted by Crippen LogP contribution is -2.49. The zero-order valence-corrected chi connectivity index (χ0v) is 18.7. The van der Waals surface area contributed by atoms with E-state index in [1.165, 1.54) is 18.4 Å². The molecule has 0 radical (unpaired) electrons. The van der Waals surface area contributed by atoms with Gasteiger partial charge in [-0.1, -0.05) is 0 Å². The summed E-state index contributed by atoms with van der Waals surface area (Å²) in [5.74, 6) is 0.474. The van der Waals surface area contributed by atoms with E-state index in [0.717, 1.165) is 5.69 Å². The van der Waals surface area contributed by atoms with Crippen LogP contribution in [0, 0.1) is 5.82 Å². The molecule has 1 aromatic rings. The van der Waals surface area contributed by atoms with Gasteiger partial charge in [0.1, 0.15) is 15.7 Å². The minimum absolute atomic E-state index is 0.0545. The predicted molar refractivity (Wildman–Crippen MR) is 118 cm³/mol. The molecule has 1 aromatic carbocycles. The highest BCUT2D eigenvalue weighted by Gasteiger charge is 2.21. The van der Waals surface area contributed by atoms with Crippen LogP contribution in [0.1, 0.15) is 19.8 Å². The van der Waals surface area contributed by atoms with Crippen LogP contribution in [0.25, 0.3) is 0 Å². The molecule has 168 valence electrons. The molecule has 0 bridgehead atoms. The fourth-order valence-corrected chi connectivity index (χ4v) is 3.98. The number of nitrogens with one attached hydrogen (secondary N) is 2. The number of nitrogens with zero attached hydrogens (tertiary/aromatic N) is 3. The summed E-state index contributed by atoms with van der Waals surface area (Å²) < 4.78 is 35.6. The predicted octanol–water partition coefficient (Wildman–Crippen LogP) is 0.853. The largest absolute Gasteiger partial charge is 0.368 e. The lowest BCUT2D eigenvalue weighted by atomic mass is 10.2. The molecule has 1 aliphatic heterocycles. The van der Waals surface area contributed by atoms with Gasteiger partial charge in [-0.15, -0.1) is 0 Å². The van der Waals surface area contributed by atoms with Gasteiger partial charge in [-0.2, -0.15) is 0 Å². The summed E-state index contributed by atoms with van der Waals surface area (Å²) in [6.07, 6.45) is 2.05. The second-order valence-corrected chi connectivity index (χ2v) is 9.82. The molecule has 1 fully saturated rings. The van der Waals surface area contributed by atoms with Gasteiger partial charge in [-0.25, -0.2) is 12.8 Å². The normalized spacial score (nSPS) is 16.3. The Morgan fingerprint density at radius 1 is 1.20 bits per heavy atom. The van der Waals surface area contributed by atoms with Crippen molar-refractivity contribution in [2.75, 3.05) is 56.7 Å². The molecule has 2 rings (SSSR count). The molecule has 1 aliphatic rings. The van der Waals surface area contributed by atoms with E-state index in [1.54, 1.807) is 19.2 Å². The number of guanidine groups is 1. The highest BCUT2D eigenvalue weighted by Crippen LogP contribution is 2.17. The molecule has 1 saturated heterocycles. The molecule has 0 aromatic heterocycles. The smallest absolute Gasteiger partial charge is 0.224 e. The number of halogens is 1. The molecule has 10 heteroatoms. The Morgan fingerprint density at radius 3 is 2.40 bits per heavy atom. The van der Waals surface area contributed by atoms with E-state index >= 15 is 0 Å². The first-order valence-electron chi connectivity index (χ1n) is 10.1. The summed E-state index contributed by atoms with van der Waals surface area (Å²) in [5, 5.41) is 6.24. The van der Waals surface area contributed by atoms with Crippen LogP contribution in [0.15, 0.2) is 29.3 Å². The standard InChI is InChI=1S/C20H32FN5O3S/c1-16(9-15-30(3,28)29)24-20(22-2)23-10-8-19(27)26-13-11-25(12-14-26)18-6-4-17(21)5-7-18/h4-7,16H,8-15H2,1-3H3,(H2,22,23,24). The Kier molecular flexibility index (Phi) is 8.88. The number of carbonyl (C=O) groups excluding carboxylic acids is 1. The number of sulfone groups is 1. The van der Waals surface area contributed by atoms with Gasteiger partial charge >= 0.3 is 0 Å². The Hall–Kier alpha value is -2.36. The van der Waals surface area contributed by atoms with E-state index in [9.17, 15) is 17.6 Å². The number of piperazine rings is 1. The lowest BCUT2D eigenvalue weighted by molar-refractivity contribution is -0.131. The van der Waals surface area contributed by atoms with Crippen LogP contribution in [0.5, 0.6) is 0 Å². The molecule has 30 heavy (non-hydrogen) atoms. The summed E-state index contributed by atoms with van der Waals surface area (Å²) in [4.78, 5) is 20.6. The van der Waals surface area contributed by atoms with Crippen LogP contribution in [0.2, 0.25) is 0 Å². The number of amides is 1. The maximum atomic E-state index is 13.1. The molecule has 0 spiro atoms. The minimum atomic E-state index is -3.00. The number of anilines is 1. The minimum Gasteiger partial charge on any atom is -0.368 e. The molecule has 8 nitrogen and oxygen atoms in total. The molecule has 1 heterocycles. The third kappa shape index (κ3) is 8.17. The van der Waals surface area contributed by atoms with E-state index in [0.29, 0.717) is 51.5 Å². The van der Waals surface area contributed by atoms with Gasteiger partial charge in [0.15, 0.2) is 5.96 Å². The summed E-state index contributed by atoms with van der Waals surface area (Å²) in [6, 6.07) is 6.35. The van der Waals surface area contributed by atoms with E-state index in [4.69, 9.17) is 0 Å². The van der Waals surface area contributed by atoms with Crippen molar-refractivity contribution in [2.24, 2.45) is 4.99 Å². The zero-order valence-electron chi connectivity index (χ0n) is 17.9. The third-order valence-corrected chi connectivity index (χ3v) is 5.96. The number of hydrogen-bond donors (Lipinski definition) is 2. The first-order chi connectivity index (χ1) is 14.2. The second-order valence-electron chi connectivity index (χ2n) is 7.56. The first kappa shape index (κ1) is 23.9. The quantitative estimate of drug-likeness (QED) is 0.459.